The summed E-state index contributed by atoms with van der Waals surface area (Å²) in [6.45, 7) is 0. The number of fused-ring (bicyclic) bond motifs is 22. The first kappa shape index (κ1) is 56.1. The maximum absolute atomic E-state index is 6.16. The Balaban J connectivity index is 1.02. The van der Waals surface area contributed by atoms with Gasteiger partial charge in [0.05, 0.1) is 22.8 Å². The molecule has 0 aliphatic carbocycles. The van der Waals surface area contributed by atoms with Crippen LogP contribution in [-0.2, 0) is 0 Å². The minimum Gasteiger partial charge on any atom is -0.354 e. The van der Waals surface area contributed by atoms with Gasteiger partial charge in [-0.3, -0.25) is 0 Å². The predicted molar refractivity (Wildman–Crippen MR) is 401 cm³/mol. The van der Waals surface area contributed by atoms with Crippen LogP contribution in [0.3, 0.4) is 0 Å². The Hall–Kier alpha value is -13.4. The molecule has 4 N–H and O–H groups in total. The number of hydrogen-bond acceptors (Lipinski definition) is 6. The summed E-state index contributed by atoms with van der Waals surface area (Å²) in [4.78, 5) is 51.6. The normalized spacial score (nSPS) is 12.0. The van der Waals surface area contributed by atoms with E-state index in [2.05, 4.69) is 335 Å². The topological polar surface area (TPSA) is 140 Å². The number of H-pyrrole nitrogens is 4. The summed E-state index contributed by atoms with van der Waals surface area (Å²) in [5.74, 6) is 0. The van der Waals surface area contributed by atoms with Crippen LogP contribution in [0.15, 0.2) is 291 Å². The first-order valence-electron chi connectivity index (χ1n) is 32.9. The van der Waals surface area contributed by atoms with Gasteiger partial charge in [0.25, 0.3) is 0 Å². The van der Waals surface area contributed by atoms with E-state index in [9.17, 15) is 0 Å². The quantitative estimate of drug-likeness (QED) is 0.119. The second-order valence-electron chi connectivity index (χ2n) is 24.7. The molecule has 0 amide bonds. The zero-order chi connectivity index (χ0) is 64.6. The molecular weight excluding hydrogens is 1200 g/mol. The van der Waals surface area contributed by atoms with Crippen molar-refractivity contribution in [2.45, 2.75) is 0 Å². The molecule has 0 unspecified atom stereocenters. The van der Waals surface area contributed by atoms with E-state index in [0.29, 0.717) is 45.6 Å². The lowest BCUT2D eigenvalue weighted by molar-refractivity contribution is 1.25. The lowest BCUT2D eigenvalue weighted by atomic mass is 9.98. The largest absolute Gasteiger partial charge is 0.354 e. The second-order valence-corrected chi connectivity index (χ2v) is 24.7. The summed E-state index contributed by atoms with van der Waals surface area (Å²) in [6.07, 6.45) is 8.56. The van der Waals surface area contributed by atoms with Crippen LogP contribution in [0.5, 0.6) is 0 Å². The molecule has 458 valence electrons. The smallest absolute Gasteiger partial charge is 0.118 e. The van der Waals surface area contributed by atoms with E-state index in [1.807, 2.05) is 0 Å². The molecule has 11 heterocycles. The van der Waals surface area contributed by atoms with Crippen molar-refractivity contribution < 1.29 is 0 Å². The van der Waals surface area contributed by atoms with E-state index in [4.69, 9.17) is 29.9 Å². The maximum atomic E-state index is 6.16. The standard InChI is InChI=1S/C88H56N10/c1-9-25-53(26-10-1)73-61-41-42-62(89-61)74(54-27-11-2-12-28-54)66-46-50-70(92-66)78(58-35-19-6-20-36-58)82-86-85(81(95-82)77(57-33-17-5-18-34-57)69-49-45-65(73)91-69)97-87-83-79(59-37-21-7-22-38-59)71-51-47-67(93-71)75(55-29-13-3-14-30-55)63-43-44-64(90-63)76(56-31-15-4-16-32-56)68-48-52-72(94-68)80(60-39-23-8-24-40-60)84(96-83)88(87)98-86/h1-52,91-94H. The zero-order valence-electron chi connectivity index (χ0n) is 52.7. The van der Waals surface area contributed by atoms with Gasteiger partial charge in [0.15, 0.2) is 0 Å². The number of benzene rings is 8. The van der Waals surface area contributed by atoms with Crippen LogP contribution in [0.4, 0.5) is 0 Å². The second kappa shape index (κ2) is 23.2. The Bertz CT molecular complexity index is 5380. The van der Waals surface area contributed by atoms with Gasteiger partial charge < -0.3 is 19.9 Å². The van der Waals surface area contributed by atoms with Crippen molar-refractivity contribution in [2.75, 3.05) is 0 Å². The lowest BCUT2D eigenvalue weighted by Gasteiger charge is -2.11. The third kappa shape index (κ3) is 9.49. The van der Waals surface area contributed by atoms with E-state index in [-0.39, 0.29) is 0 Å². The monoisotopic (exact) mass is 1250 g/mol. The van der Waals surface area contributed by atoms with Gasteiger partial charge in [0, 0.05) is 88.6 Å². The zero-order valence-corrected chi connectivity index (χ0v) is 52.7. The van der Waals surface area contributed by atoms with Crippen molar-refractivity contribution in [3.8, 4) is 135 Å². The van der Waals surface area contributed by atoms with Crippen LogP contribution in [-0.4, -0.2) is 49.8 Å². The van der Waals surface area contributed by atoms with Crippen molar-refractivity contribution in [1.29, 1.82) is 0 Å². The van der Waals surface area contributed by atoms with Crippen molar-refractivity contribution in [1.82, 2.24) is 49.8 Å². The van der Waals surface area contributed by atoms with Gasteiger partial charge in [-0.25, -0.2) is 29.9 Å². The molecule has 10 nitrogen and oxygen atoms in total. The van der Waals surface area contributed by atoms with Gasteiger partial charge in [-0.1, -0.05) is 243 Å². The Morgan fingerprint density at radius 3 is 0.480 bits per heavy atom. The van der Waals surface area contributed by atoms with E-state index in [1.54, 1.807) is 0 Å². The molecule has 0 saturated heterocycles. The highest BCUT2D eigenvalue weighted by atomic mass is 15.0. The molecule has 16 bridgehead atoms. The highest BCUT2D eigenvalue weighted by molar-refractivity contribution is 6.08. The van der Waals surface area contributed by atoms with Crippen LogP contribution in [0.25, 0.3) is 203 Å². The van der Waals surface area contributed by atoms with E-state index in [0.717, 1.165) is 156 Å². The molecule has 0 atom stereocenters. The maximum Gasteiger partial charge on any atom is 0.118 e. The number of nitrogens with zero attached hydrogens (tertiary/aromatic N) is 6. The van der Waals surface area contributed by atoms with Gasteiger partial charge in [-0.15, -0.1) is 0 Å². The van der Waals surface area contributed by atoms with Crippen LogP contribution >= 0.6 is 0 Å². The SMILES string of the molecule is C1=Cc2nc1c(-c1ccccc1)c1ccc([nH]1)c(-c1ccccc1)c1nc(c(-c3ccccc3)c3ccc([nH]3)c2-c2ccccc2)-c2nc3c(nc2-1)-c1nc-3c(-c2ccccc2)c2ccc([nH]2)c(-c2ccccc2)c2nc(c(-c3ccccc3)c3ccc([nH]3)c1-c1ccccc1)C=C2. The molecule has 4 aliphatic heterocycles. The average molecular weight is 1250 g/mol. The fraction of sp³-hybridized carbons (Fsp3) is 0. The van der Waals surface area contributed by atoms with Crippen LogP contribution < -0.4 is 0 Å². The first-order chi connectivity index (χ1) is 48.6. The molecule has 0 radical (unpaired) electrons. The van der Waals surface area contributed by atoms with E-state index >= 15 is 0 Å². The van der Waals surface area contributed by atoms with Crippen molar-refractivity contribution >= 4 is 68.4 Å². The molecular formula is C88H56N10. The van der Waals surface area contributed by atoms with E-state index < -0.39 is 0 Å². The summed E-state index contributed by atoms with van der Waals surface area (Å²) in [6, 6.07) is 102. The Morgan fingerprint density at radius 2 is 0.296 bits per heavy atom. The number of aromatic amines is 4. The number of hydrogen-bond donors (Lipinski definition) is 4. The lowest BCUT2D eigenvalue weighted by Crippen LogP contribution is -1.97. The van der Waals surface area contributed by atoms with Crippen molar-refractivity contribution in [3.05, 3.63) is 314 Å². The molecule has 15 aromatic rings. The van der Waals surface area contributed by atoms with Crippen LogP contribution in [0.2, 0.25) is 0 Å². The van der Waals surface area contributed by atoms with E-state index in [1.165, 1.54) is 0 Å². The Kier molecular flexibility index (Phi) is 13.3. The minimum atomic E-state index is 0.603. The molecule has 10 heteroatoms. The molecule has 4 aliphatic rings. The number of rotatable bonds is 8. The molecule has 0 saturated carbocycles. The molecule has 19 rings (SSSR count). The highest BCUT2D eigenvalue weighted by Gasteiger charge is 2.35. The summed E-state index contributed by atoms with van der Waals surface area (Å²) in [7, 11) is 0. The van der Waals surface area contributed by atoms with Gasteiger partial charge >= 0.3 is 0 Å². The summed E-state index contributed by atoms with van der Waals surface area (Å²) in [5, 5.41) is 0. The molecule has 98 heavy (non-hydrogen) atoms. The van der Waals surface area contributed by atoms with Crippen LogP contribution in [0.1, 0.15) is 22.8 Å². The molecule has 0 fully saturated rings. The van der Waals surface area contributed by atoms with Gasteiger partial charge in [-0.2, -0.15) is 0 Å². The fourth-order valence-electron chi connectivity index (χ4n) is 14.5. The number of nitrogens with one attached hydrogen (secondary N) is 4. The average Bonchev–Trinajstić information content (AvgIpc) is 1.58. The van der Waals surface area contributed by atoms with Gasteiger partial charge in [0.1, 0.15) is 45.6 Å². The molecule has 7 aromatic heterocycles. The summed E-state index contributed by atoms with van der Waals surface area (Å²) >= 11 is 0. The molecule has 0 spiro atoms. The third-order valence-electron chi connectivity index (χ3n) is 18.9. The fourth-order valence-corrected chi connectivity index (χ4v) is 14.5. The Morgan fingerprint density at radius 1 is 0.143 bits per heavy atom. The van der Waals surface area contributed by atoms with Crippen LogP contribution in [0, 0.1) is 0 Å². The van der Waals surface area contributed by atoms with Crippen molar-refractivity contribution in [2.24, 2.45) is 0 Å². The van der Waals surface area contributed by atoms with Crippen molar-refractivity contribution in [3.63, 3.8) is 0 Å². The minimum absolute atomic E-state index is 0.603. The first-order valence-corrected chi connectivity index (χ1v) is 32.9. The summed E-state index contributed by atoms with van der Waals surface area (Å²) in [5.41, 5.74) is 30.3. The Labute approximate surface area is 563 Å². The van der Waals surface area contributed by atoms with Gasteiger partial charge in [0.2, 0.25) is 0 Å². The van der Waals surface area contributed by atoms with Gasteiger partial charge in [-0.05, 0) is 117 Å². The predicted octanol–water partition coefficient (Wildman–Crippen LogP) is 22.1. The highest BCUT2D eigenvalue weighted by Crippen LogP contribution is 2.52. The summed E-state index contributed by atoms with van der Waals surface area (Å²) < 4.78 is 0. The third-order valence-corrected chi connectivity index (χ3v) is 18.9. The number of aromatic nitrogens is 10. The molecule has 8 aromatic carbocycles.